The molecule has 1 spiro atoms. The Kier molecular flexibility index (Phi) is 5.16. The van der Waals surface area contributed by atoms with E-state index in [-0.39, 0.29) is 11.5 Å². The van der Waals surface area contributed by atoms with E-state index in [2.05, 4.69) is 4.98 Å². The number of piperidine rings is 1. The number of ether oxygens (including phenoxy) is 2. The van der Waals surface area contributed by atoms with Crippen molar-refractivity contribution >= 4 is 5.91 Å². The Labute approximate surface area is 160 Å². The number of carbonyl (C=O) groups excluding carboxylic acids is 1. The Morgan fingerprint density at radius 2 is 2.15 bits per heavy atom. The van der Waals surface area contributed by atoms with E-state index in [4.69, 9.17) is 9.47 Å². The van der Waals surface area contributed by atoms with Crippen LogP contribution >= 0.6 is 0 Å². The summed E-state index contributed by atoms with van der Waals surface area (Å²) in [5, 5.41) is 0. The van der Waals surface area contributed by atoms with Gasteiger partial charge in [0, 0.05) is 45.2 Å². The molecule has 4 heterocycles. The summed E-state index contributed by atoms with van der Waals surface area (Å²) < 4.78 is 13.9. The van der Waals surface area contributed by atoms with Crippen molar-refractivity contribution < 1.29 is 14.3 Å². The van der Waals surface area contributed by atoms with Crippen LogP contribution in [0, 0.1) is 5.92 Å². The molecule has 0 bridgehead atoms. The monoisotopic (exact) mass is 369 g/mol. The van der Waals surface area contributed by atoms with Crippen LogP contribution in [-0.2, 0) is 11.8 Å². The standard InChI is InChI=1S/C21H27N3O3/c1-23-12-4-5-18(23)20(25)24-13-9-21(10-14-24)17(8-16-27-21)7-15-26-19-6-2-3-11-22-19/h2-6,11-12,17H,7-10,13-16H2,1H3. The maximum atomic E-state index is 12.7. The van der Waals surface area contributed by atoms with E-state index in [1.165, 1.54) is 0 Å². The summed E-state index contributed by atoms with van der Waals surface area (Å²) in [7, 11) is 1.91. The van der Waals surface area contributed by atoms with E-state index < -0.39 is 0 Å². The van der Waals surface area contributed by atoms with Crippen LogP contribution in [0.4, 0.5) is 0 Å². The molecule has 1 atom stereocenters. The summed E-state index contributed by atoms with van der Waals surface area (Å²) >= 11 is 0. The molecule has 6 heteroatoms. The molecule has 0 saturated carbocycles. The zero-order valence-electron chi connectivity index (χ0n) is 15.8. The molecule has 2 saturated heterocycles. The fraction of sp³-hybridized carbons (Fsp3) is 0.524. The van der Waals surface area contributed by atoms with Gasteiger partial charge in [-0.2, -0.15) is 0 Å². The van der Waals surface area contributed by atoms with Gasteiger partial charge in [0.1, 0.15) is 5.69 Å². The predicted molar refractivity (Wildman–Crippen MR) is 102 cm³/mol. The molecule has 27 heavy (non-hydrogen) atoms. The van der Waals surface area contributed by atoms with Gasteiger partial charge < -0.3 is 18.9 Å². The molecule has 0 N–H and O–H groups in total. The van der Waals surface area contributed by atoms with Gasteiger partial charge in [-0.3, -0.25) is 4.79 Å². The average Bonchev–Trinajstić information content (AvgIpc) is 3.29. The van der Waals surface area contributed by atoms with Crippen molar-refractivity contribution in [2.75, 3.05) is 26.3 Å². The van der Waals surface area contributed by atoms with Crippen molar-refractivity contribution in [1.29, 1.82) is 0 Å². The van der Waals surface area contributed by atoms with Crippen molar-refractivity contribution in [1.82, 2.24) is 14.5 Å². The maximum Gasteiger partial charge on any atom is 0.270 e. The molecular formula is C21H27N3O3. The highest BCUT2D eigenvalue weighted by Gasteiger charge is 2.46. The van der Waals surface area contributed by atoms with Gasteiger partial charge >= 0.3 is 0 Å². The Hall–Kier alpha value is -2.34. The minimum atomic E-state index is -0.0987. The topological polar surface area (TPSA) is 56.6 Å². The van der Waals surface area contributed by atoms with Crippen LogP contribution in [0.1, 0.15) is 36.2 Å². The summed E-state index contributed by atoms with van der Waals surface area (Å²) in [5.41, 5.74) is 0.650. The molecule has 2 aromatic rings. The van der Waals surface area contributed by atoms with Crippen LogP contribution in [0.25, 0.3) is 0 Å². The van der Waals surface area contributed by atoms with Crippen molar-refractivity contribution in [2.45, 2.75) is 31.3 Å². The zero-order chi connectivity index (χ0) is 18.7. The lowest BCUT2D eigenvalue weighted by Crippen LogP contribution is -2.49. The highest BCUT2D eigenvalue weighted by atomic mass is 16.5. The number of nitrogens with zero attached hydrogens (tertiary/aromatic N) is 3. The van der Waals surface area contributed by atoms with Gasteiger partial charge in [-0.25, -0.2) is 4.98 Å². The van der Waals surface area contributed by atoms with Crippen molar-refractivity contribution in [3.8, 4) is 5.88 Å². The SMILES string of the molecule is Cn1cccc1C(=O)N1CCC2(CC1)OCCC2CCOc1ccccn1. The Morgan fingerprint density at radius 3 is 2.85 bits per heavy atom. The molecule has 2 fully saturated rings. The van der Waals surface area contributed by atoms with Crippen LogP contribution < -0.4 is 4.74 Å². The number of likely N-dealkylation sites (tertiary alicyclic amines) is 1. The molecule has 1 unspecified atom stereocenters. The van der Waals surface area contributed by atoms with E-state index in [0.717, 1.165) is 51.1 Å². The normalized spacial score (nSPS) is 21.5. The summed E-state index contributed by atoms with van der Waals surface area (Å²) in [6.07, 6.45) is 7.49. The van der Waals surface area contributed by atoms with E-state index in [0.29, 0.717) is 18.4 Å². The second kappa shape index (κ2) is 7.72. The fourth-order valence-electron chi connectivity index (χ4n) is 4.42. The van der Waals surface area contributed by atoms with Crippen LogP contribution in [0.3, 0.4) is 0 Å². The molecule has 2 aliphatic heterocycles. The highest BCUT2D eigenvalue weighted by molar-refractivity contribution is 5.92. The first kappa shape index (κ1) is 18.0. The van der Waals surface area contributed by atoms with Gasteiger partial charge in [0.05, 0.1) is 12.2 Å². The minimum Gasteiger partial charge on any atom is -0.478 e. The van der Waals surface area contributed by atoms with Gasteiger partial charge in [0.25, 0.3) is 5.91 Å². The zero-order valence-corrected chi connectivity index (χ0v) is 15.8. The van der Waals surface area contributed by atoms with Crippen molar-refractivity contribution in [3.05, 3.63) is 48.4 Å². The third kappa shape index (κ3) is 3.72. The molecule has 0 aromatic carbocycles. The lowest BCUT2D eigenvalue weighted by Gasteiger charge is -2.42. The number of aryl methyl sites for hydroxylation is 1. The Morgan fingerprint density at radius 1 is 1.30 bits per heavy atom. The van der Waals surface area contributed by atoms with Gasteiger partial charge in [-0.1, -0.05) is 6.07 Å². The quantitative estimate of drug-likeness (QED) is 0.813. The Bertz CT molecular complexity index is 766. The van der Waals surface area contributed by atoms with Crippen LogP contribution in [-0.4, -0.2) is 52.3 Å². The van der Waals surface area contributed by atoms with Crippen molar-refractivity contribution in [2.24, 2.45) is 13.0 Å². The number of aromatic nitrogens is 2. The Balaban J connectivity index is 1.32. The molecule has 0 aliphatic carbocycles. The summed E-state index contributed by atoms with van der Waals surface area (Å²) in [4.78, 5) is 18.9. The lowest BCUT2D eigenvalue weighted by atomic mass is 9.78. The van der Waals surface area contributed by atoms with Crippen LogP contribution in [0.15, 0.2) is 42.7 Å². The number of hydrogen-bond acceptors (Lipinski definition) is 4. The number of pyridine rings is 1. The molecule has 2 aliphatic rings. The van der Waals surface area contributed by atoms with Gasteiger partial charge in [-0.05, 0) is 49.8 Å². The summed E-state index contributed by atoms with van der Waals surface area (Å²) in [6.45, 7) is 2.96. The largest absolute Gasteiger partial charge is 0.478 e. The fourth-order valence-corrected chi connectivity index (χ4v) is 4.42. The third-order valence-corrected chi connectivity index (χ3v) is 6.01. The van der Waals surface area contributed by atoms with Gasteiger partial charge in [0.15, 0.2) is 0 Å². The predicted octanol–water partition coefficient (Wildman–Crippen LogP) is 2.90. The smallest absolute Gasteiger partial charge is 0.270 e. The second-order valence-corrected chi connectivity index (χ2v) is 7.50. The molecule has 4 rings (SSSR count). The molecule has 2 aromatic heterocycles. The van der Waals surface area contributed by atoms with Crippen molar-refractivity contribution in [3.63, 3.8) is 0 Å². The molecule has 0 radical (unpaired) electrons. The number of amides is 1. The number of carbonyl (C=O) groups is 1. The van der Waals surface area contributed by atoms with Crippen LogP contribution in [0.5, 0.6) is 5.88 Å². The molecular weight excluding hydrogens is 342 g/mol. The van der Waals surface area contributed by atoms with E-state index >= 15 is 0 Å². The number of rotatable bonds is 5. The minimum absolute atomic E-state index is 0.0987. The van der Waals surface area contributed by atoms with Gasteiger partial charge in [-0.15, -0.1) is 0 Å². The summed E-state index contributed by atoms with van der Waals surface area (Å²) in [5.74, 6) is 1.27. The third-order valence-electron chi connectivity index (χ3n) is 6.01. The number of hydrogen-bond donors (Lipinski definition) is 0. The molecule has 144 valence electrons. The first-order valence-corrected chi connectivity index (χ1v) is 9.76. The molecule has 6 nitrogen and oxygen atoms in total. The first-order valence-electron chi connectivity index (χ1n) is 9.76. The highest BCUT2D eigenvalue weighted by Crippen LogP contribution is 2.42. The summed E-state index contributed by atoms with van der Waals surface area (Å²) in [6, 6.07) is 9.50. The maximum absolute atomic E-state index is 12.7. The van der Waals surface area contributed by atoms with Crippen LogP contribution in [0.2, 0.25) is 0 Å². The van der Waals surface area contributed by atoms with E-state index in [1.54, 1.807) is 6.20 Å². The first-order chi connectivity index (χ1) is 13.2. The van der Waals surface area contributed by atoms with E-state index in [1.807, 2.05) is 53.0 Å². The van der Waals surface area contributed by atoms with Gasteiger partial charge in [0.2, 0.25) is 5.88 Å². The lowest BCUT2D eigenvalue weighted by molar-refractivity contribution is -0.0650. The van der Waals surface area contributed by atoms with E-state index in [9.17, 15) is 4.79 Å². The average molecular weight is 369 g/mol. The molecule has 1 amide bonds. The second-order valence-electron chi connectivity index (χ2n) is 7.50.